The summed E-state index contributed by atoms with van der Waals surface area (Å²) in [6.45, 7) is -4.41. The maximum atomic E-state index is 7.78. The number of benzene rings is 1. The Morgan fingerprint density at radius 1 is 1.41 bits per heavy atom. The van der Waals surface area contributed by atoms with E-state index < -0.39 is 13.4 Å². The molecule has 0 amide bonds. The monoisotopic (exact) mass is 326 g/mol. The fourth-order valence-corrected chi connectivity index (χ4v) is 5.30. The molecule has 0 aromatic heterocycles. The largest absolute Gasteiger partial charge is 0.494 e. The van der Waals surface area contributed by atoms with Crippen molar-refractivity contribution >= 4 is 12.4 Å². The van der Waals surface area contributed by atoms with E-state index >= 15 is 0 Å². The summed E-state index contributed by atoms with van der Waals surface area (Å²) < 4.78 is 43.0. The molecule has 0 N–H and O–H groups in total. The van der Waals surface area contributed by atoms with Crippen LogP contribution in [0.5, 0.6) is 5.75 Å². The first-order valence-corrected chi connectivity index (χ1v) is 8.17. The van der Waals surface area contributed by atoms with Gasteiger partial charge in [-0.1, -0.05) is 18.9 Å². The first-order valence-electron chi connectivity index (χ1n) is 10.7. The minimum atomic E-state index is -2.81. The summed E-state index contributed by atoms with van der Waals surface area (Å²) in [5, 5.41) is 0. The van der Waals surface area contributed by atoms with E-state index in [0.29, 0.717) is 17.7 Å². The summed E-state index contributed by atoms with van der Waals surface area (Å²) >= 11 is 0. The second kappa shape index (κ2) is 6.05. The lowest BCUT2D eigenvalue weighted by Crippen LogP contribution is -2.59. The van der Waals surface area contributed by atoms with Crippen LogP contribution in [-0.4, -0.2) is 31.1 Å². The quantitative estimate of drug-likeness (QED) is 0.807. The molecule has 2 bridgehead atoms. The van der Waals surface area contributed by atoms with Crippen LogP contribution in [0, 0.1) is 5.92 Å². The lowest BCUT2D eigenvalue weighted by atomic mass is 9.52. The van der Waals surface area contributed by atoms with Gasteiger partial charge in [-0.25, -0.2) is 0 Å². The number of piperidine rings is 1. The van der Waals surface area contributed by atoms with Gasteiger partial charge in [0.1, 0.15) is 5.75 Å². The van der Waals surface area contributed by atoms with Crippen molar-refractivity contribution in [3.63, 3.8) is 0 Å². The van der Waals surface area contributed by atoms with Crippen LogP contribution in [0.25, 0.3) is 0 Å². The number of hydrogen-bond donors (Lipinski definition) is 0. The van der Waals surface area contributed by atoms with Gasteiger partial charge in [0, 0.05) is 15.6 Å². The van der Waals surface area contributed by atoms with Crippen LogP contribution in [-0.2, 0) is 11.8 Å². The molecule has 1 heterocycles. The highest BCUT2D eigenvalue weighted by molar-refractivity contribution is 5.85. The Morgan fingerprint density at radius 3 is 3.18 bits per heavy atom. The van der Waals surface area contributed by atoms with Crippen LogP contribution >= 0.6 is 12.4 Å². The van der Waals surface area contributed by atoms with Crippen molar-refractivity contribution in [2.75, 3.05) is 20.2 Å². The highest BCUT2D eigenvalue weighted by Crippen LogP contribution is 2.55. The Morgan fingerprint density at radius 2 is 2.32 bits per heavy atom. The number of fused-ring (bicyclic) bond motifs is 1. The van der Waals surface area contributed by atoms with Crippen LogP contribution < -0.4 is 4.74 Å². The van der Waals surface area contributed by atoms with Gasteiger partial charge in [0.15, 0.2) is 0 Å². The molecule has 0 spiro atoms. The number of hydrogen-bond acceptors (Lipinski definition) is 2. The van der Waals surface area contributed by atoms with E-state index in [2.05, 4.69) is 11.9 Å². The van der Waals surface area contributed by atoms with Crippen LogP contribution in [0.1, 0.15) is 56.9 Å². The van der Waals surface area contributed by atoms with Gasteiger partial charge in [-0.2, -0.15) is 0 Å². The fourth-order valence-electron chi connectivity index (χ4n) is 5.30. The fraction of sp³-hybridized carbons (Fsp3) is 0.684. The number of nitrogens with zero attached hydrogens (tertiary/aromatic N) is 1. The van der Waals surface area contributed by atoms with Crippen molar-refractivity contribution < 1.29 is 11.6 Å². The summed E-state index contributed by atoms with van der Waals surface area (Å²) in [4.78, 5) is 2.51. The van der Waals surface area contributed by atoms with Gasteiger partial charge in [0.25, 0.3) is 0 Å². The molecule has 0 unspecified atom stereocenters. The summed E-state index contributed by atoms with van der Waals surface area (Å²) in [5.74, 6) is 0.970. The Labute approximate surface area is 147 Å². The third kappa shape index (κ3) is 2.27. The molecule has 0 radical (unpaired) electrons. The van der Waals surface area contributed by atoms with E-state index in [4.69, 9.17) is 11.6 Å². The maximum absolute atomic E-state index is 7.78. The molecule has 2 aliphatic carbocycles. The molecule has 3 aliphatic rings. The molecule has 22 heavy (non-hydrogen) atoms. The average Bonchev–Trinajstić information content (AvgIpc) is 2.57. The van der Waals surface area contributed by atoms with Crippen molar-refractivity contribution in [3.05, 3.63) is 29.3 Å². The van der Waals surface area contributed by atoms with Crippen molar-refractivity contribution in [2.24, 2.45) is 5.92 Å². The molecule has 4 rings (SSSR count). The summed E-state index contributed by atoms with van der Waals surface area (Å²) in [7, 11) is 2.23. The molecule has 1 aromatic carbocycles. The van der Waals surface area contributed by atoms with Gasteiger partial charge >= 0.3 is 0 Å². The highest BCUT2D eigenvalue weighted by Gasteiger charge is 2.53. The summed E-state index contributed by atoms with van der Waals surface area (Å²) in [6, 6.07) is 6.28. The van der Waals surface area contributed by atoms with Crippen molar-refractivity contribution in [1.29, 1.82) is 0 Å². The lowest BCUT2D eigenvalue weighted by Gasteiger charge is -2.58. The van der Waals surface area contributed by atoms with Crippen molar-refractivity contribution in [1.82, 2.24) is 4.90 Å². The summed E-state index contributed by atoms with van der Waals surface area (Å²) in [6.07, 6.45) is 7.07. The Bertz CT molecular complexity index is 710. The number of ether oxygens (including phenoxy) is 1. The zero-order chi connectivity index (χ0) is 18.7. The summed E-state index contributed by atoms with van der Waals surface area (Å²) in [5.41, 5.74) is 2.75. The molecular formula is C19H28ClNO. The van der Waals surface area contributed by atoms with E-state index in [9.17, 15) is 0 Å². The Balaban J connectivity index is 0.00000210. The van der Waals surface area contributed by atoms with Gasteiger partial charge < -0.3 is 9.64 Å². The molecule has 1 aliphatic heterocycles. The third-order valence-electron chi connectivity index (χ3n) is 6.25. The van der Waals surface area contributed by atoms with Crippen LogP contribution in [0.4, 0.5) is 0 Å². The Hall–Kier alpha value is -0.730. The molecule has 1 aromatic rings. The molecule has 2 fully saturated rings. The standard InChI is InChI=1S/C19H27NO.ClH/c1-3-21-15-8-7-14-12-18-16-6-4-5-9-19(16,17(14)13-15)10-11-20(18)2;/h7-8,13,16,18H,3-6,9-12H2,1-2H3;1H/t16-,18-,19-;/m1./s1/i1D3,3D2;. The molecular weight excluding hydrogens is 294 g/mol. The topological polar surface area (TPSA) is 12.5 Å². The van der Waals surface area contributed by atoms with E-state index in [1.165, 1.54) is 36.8 Å². The zero-order valence-electron chi connectivity index (χ0n) is 18.1. The third-order valence-corrected chi connectivity index (χ3v) is 6.25. The van der Waals surface area contributed by atoms with Crippen molar-refractivity contribution in [3.8, 4) is 5.75 Å². The van der Waals surface area contributed by atoms with Gasteiger partial charge in [-0.3, -0.25) is 0 Å². The predicted octanol–water partition coefficient (Wildman–Crippen LogP) is 4.20. The minimum Gasteiger partial charge on any atom is -0.494 e. The van der Waals surface area contributed by atoms with E-state index in [-0.39, 0.29) is 17.8 Å². The van der Waals surface area contributed by atoms with Crippen LogP contribution in [0.3, 0.4) is 0 Å². The first-order chi connectivity index (χ1) is 12.1. The average molecular weight is 327 g/mol. The molecule has 3 heteroatoms. The normalized spacial score (nSPS) is 38.0. The molecule has 1 saturated carbocycles. The van der Waals surface area contributed by atoms with E-state index in [1.54, 1.807) is 6.07 Å². The van der Waals surface area contributed by atoms with E-state index in [0.717, 1.165) is 19.4 Å². The number of likely N-dealkylation sites (tertiary alicyclic amines) is 1. The Kier molecular flexibility index (Phi) is 3.01. The molecule has 2 nitrogen and oxygen atoms in total. The maximum Gasteiger partial charge on any atom is 0.119 e. The number of likely N-dealkylation sites (N-methyl/N-ethyl adjacent to an activating group) is 1. The first kappa shape index (κ1) is 10.9. The van der Waals surface area contributed by atoms with Crippen LogP contribution in [0.2, 0.25) is 0 Å². The minimum absolute atomic E-state index is 0. The zero-order valence-corrected chi connectivity index (χ0v) is 13.9. The SMILES string of the molecule is Cl.[2H]C([2H])([2H])C([2H])([2H])Oc1ccc2c(c1)[C@@]13CCCC[C@@H]1[C@@H](C2)N(C)CC3. The van der Waals surface area contributed by atoms with Gasteiger partial charge in [-0.05, 0) is 75.3 Å². The molecule has 3 atom stereocenters. The van der Waals surface area contributed by atoms with Gasteiger partial charge in [0.2, 0.25) is 0 Å². The van der Waals surface area contributed by atoms with Gasteiger partial charge in [0.05, 0.1) is 9.30 Å². The van der Waals surface area contributed by atoms with Crippen LogP contribution in [0.15, 0.2) is 18.2 Å². The second-order valence-electron chi connectivity index (χ2n) is 7.03. The smallest absolute Gasteiger partial charge is 0.119 e. The highest BCUT2D eigenvalue weighted by atomic mass is 35.5. The van der Waals surface area contributed by atoms with E-state index in [1.807, 2.05) is 12.1 Å². The molecule has 122 valence electrons. The lowest BCUT2D eigenvalue weighted by molar-refractivity contribution is 0.00271. The predicted molar refractivity (Wildman–Crippen MR) is 93.2 cm³/mol. The second-order valence-corrected chi connectivity index (χ2v) is 7.03. The number of halogens is 1. The van der Waals surface area contributed by atoms with Gasteiger partial charge in [-0.15, -0.1) is 12.4 Å². The van der Waals surface area contributed by atoms with Crippen molar-refractivity contribution in [2.45, 2.75) is 56.8 Å². The number of rotatable bonds is 2. The molecule has 1 saturated heterocycles.